The van der Waals surface area contributed by atoms with Crippen LogP contribution in [0.1, 0.15) is 5.56 Å². The van der Waals surface area contributed by atoms with E-state index < -0.39 is 11.6 Å². The molecule has 0 spiro atoms. The van der Waals surface area contributed by atoms with Crippen molar-refractivity contribution >= 4 is 11.9 Å². The van der Waals surface area contributed by atoms with E-state index in [1.165, 1.54) is 7.11 Å². The molecule has 0 fully saturated rings. The number of halogens is 1. The van der Waals surface area contributed by atoms with Gasteiger partial charge in [0.25, 0.3) is 0 Å². The zero-order valence-electron chi connectivity index (χ0n) is 16.0. The van der Waals surface area contributed by atoms with Gasteiger partial charge in [0.05, 0.1) is 26.0 Å². The molecule has 2 aliphatic rings. The molecule has 2 aromatic rings. The van der Waals surface area contributed by atoms with Crippen molar-refractivity contribution in [2.75, 3.05) is 32.8 Å². The van der Waals surface area contributed by atoms with Gasteiger partial charge in [-0.1, -0.05) is 0 Å². The third-order valence-corrected chi connectivity index (χ3v) is 4.57. The Kier molecular flexibility index (Phi) is 4.89. The summed E-state index contributed by atoms with van der Waals surface area (Å²) in [5.41, 5.74) is 7.57. The third-order valence-electron chi connectivity index (χ3n) is 4.57. The molecule has 2 aliphatic heterocycles. The first-order valence-electron chi connectivity index (χ1n) is 8.93. The number of anilines is 1. The molecular weight excluding hydrogens is 379 g/mol. The van der Waals surface area contributed by atoms with Crippen LogP contribution in [0.3, 0.4) is 0 Å². The van der Waals surface area contributed by atoms with E-state index in [9.17, 15) is 4.39 Å². The first kappa shape index (κ1) is 18.9. The monoisotopic (exact) mass is 400 g/mol. The van der Waals surface area contributed by atoms with E-state index in [0.717, 1.165) is 6.21 Å². The van der Waals surface area contributed by atoms with Gasteiger partial charge in [-0.05, 0) is 24.3 Å². The topological polar surface area (TPSA) is 99.4 Å². The van der Waals surface area contributed by atoms with E-state index in [4.69, 9.17) is 24.7 Å². The number of allylic oxidation sites excluding steroid dienone is 1. The Hall–Kier alpha value is -3.46. The van der Waals surface area contributed by atoms with Crippen molar-refractivity contribution in [2.24, 2.45) is 10.7 Å². The highest BCUT2D eigenvalue weighted by Crippen LogP contribution is 2.35. The number of rotatable bonds is 5. The summed E-state index contributed by atoms with van der Waals surface area (Å²) in [5, 5.41) is 5.90. The van der Waals surface area contributed by atoms with Crippen LogP contribution in [0.25, 0.3) is 0 Å². The second kappa shape index (κ2) is 7.51. The Labute approximate surface area is 167 Å². The SMILES string of the molecule is COc1ccc(C2(N)N=CC(F)=C(Nc3ccc4c(c3)OCCO4)N2)c(OC)c1. The van der Waals surface area contributed by atoms with Gasteiger partial charge in [-0.3, -0.25) is 5.73 Å². The van der Waals surface area contributed by atoms with Gasteiger partial charge in [0.2, 0.25) is 5.79 Å². The lowest BCUT2D eigenvalue weighted by Gasteiger charge is -2.33. The number of hydrogen-bond donors (Lipinski definition) is 3. The summed E-state index contributed by atoms with van der Waals surface area (Å²) in [6.07, 6.45) is 1.07. The summed E-state index contributed by atoms with van der Waals surface area (Å²) in [6.45, 7) is 0.957. The van der Waals surface area contributed by atoms with Crippen LogP contribution < -0.4 is 35.3 Å². The van der Waals surface area contributed by atoms with Gasteiger partial charge < -0.3 is 29.6 Å². The van der Waals surface area contributed by atoms with Gasteiger partial charge in [0, 0.05) is 17.8 Å². The fourth-order valence-electron chi connectivity index (χ4n) is 3.11. The standard InChI is InChI=1S/C20H21FN4O4/c1-26-13-4-5-14(17(10-13)27-2)20(22)23-11-15(21)19(25-20)24-12-3-6-16-18(9-12)29-8-7-28-16/h3-6,9-11,24-25H,7-8,22H2,1-2H3. The molecule has 9 heteroatoms. The number of nitrogens with one attached hydrogen (secondary N) is 2. The smallest absolute Gasteiger partial charge is 0.214 e. The number of ether oxygens (including phenoxy) is 4. The average Bonchev–Trinajstić information content (AvgIpc) is 2.76. The number of fused-ring (bicyclic) bond motifs is 1. The number of methoxy groups -OCH3 is 2. The molecule has 0 amide bonds. The maximum absolute atomic E-state index is 14.5. The molecule has 29 heavy (non-hydrogen) atoms. The van der Waals surface area contributed by atoms with E-state index in [0.29, 0.717) is 47.5 Å². The van der Waals surface area contributed by atoms with Crippen LogP contribution in [0.4, 0.5) is 10.1 Å². The Morgan fingerprint density at radius 1 is 1.10 bits per heavy atom. The Balaban J connectivity index is 1.61. The molecule has 1 atom stereocenters. The summed E-state index contributed by atoms with van der Waals surface area (Å²) in [7, 11) is 3.07. The molecule has 2 aromatic carbocycles. The highest BCUT2D eigenvalue weighted by atomic mass is 19.1. The van der Waals surface area contributed by atoms with Crippen molar-refractivity contribution in [2.45, 2.75) is 5.79 Å². The number of nitrogens with zero attached hydrogens (tertiary/aromatic N) is 1. The summed E-state index contributed by atoms with van der Waals surface area (Å²) < 4.78 is 36.2. The maximum Gasteiger partial charge on any atom is 0.214 e. The van der Waals surface area contributed by atoms with Crippen LogP contribution >= 0.6 is 0 Å². The van der Waals surface area contributed by atoms with Crippen LogP contribution in [0.5, 0.6) is 23.0 Å². The first-order valence-corrected chi connectivity index (χ1v) is 8.93. The van der Waals surface area contributed by atoms with E-state index in [1.807, 2.05) is 0 Å². The Morgan fingerprint density at radius 2 is 1.90 bits per heavy atom. The lowest BCUT2D eigenvalue weighted by molar-refractivity contribution is 0.171. The van der Waals surface area contributed by atoms with Crippen molar-refractivity contribution in [1.82, 2.24) is 5.32 Å². The summed E-state index contributed by atoms with van der Waals surface area (Å²) in [4.78, 5) is 4.14. The van der Waals surface area contributed by atoms with Gasteiger partial charge in [0.1, 0.15) is 30.5 Å². The van der Waals surface area contributed by atoms with Gasteiger partial charge >= 0.3 is 0 Å². The summed E-state index contributed by atoms with van der Waals surface area (Å²) >= 11 is 0. The van der Waals surface area contributed by atoms with Gasteiger partial charge in [-0.25, -0.2) is 9.38 Å². The summed E-state index contributed by atoms with van der Waals surface area (Å²) in [5.74, 6) is 0.324. The number of nitrogens with two attached hydrogens (primary N) is 1. The minimum absolute atomic E-state index is 0.0667. The number of aliphatic imine (C=N–C) groups is 1. The summed E-state index contributed by atoms with van der Waals surface area (Å²) in [6, 6.07) is 10.4. The number of hydrogen-bond acceptors (Lipinski definition) is 8. The molecule has 2 heterocycles. The maximum atomic E-state index is 14.5. The Morgan fingerprint density at radius 3 is 2.66 bits per heavy atom. The molecular formula is C20H21FN4O4. The van der Waals surface area contributed by atoms with Crippen molar-refractivity contribution < 1.29 is 23.3 Å². The molecule has 0 saturated heterocycles. The molecule has 1 unspecified atom stereocenters. The predicted octanol–water partition coefficient (Wildman–Crippen LogP) is 2.47. The largest absolute Gasteiger partial charge is 0.497 e. The predicted molar refractivity (Wildman–Crippen MR) is 106 cm³/mol. The van der Waals surface area contributed by atoms with Crippen LogP contribution in [0.2, 0.25) is 0 Å². The highest BCUT2D eigenvalue weighted by molar-refractivity contribution is 5.80. The van der Waals surface area contributed by atoms with Crippen LogP contribution in [0, 0.1) is 0 Å². The molecule has 4 N–H and O–H groups in total. The zero-order chi connectivity index (χ0) is 20.4. The van der Waals surface area contributed by atoms with Crippen LogP contribution in [-0.2, 0) is 5.79 Å². The van der Waals surface area contributed by atoms with Crippen molar-refractivity contribution in [3.05, 3.63) is 53.6 Å². The fourth-order valence-corrected chi connectivity index (χ4v) is 3.11. The molecule has 0 radical (unpaired) electrons. The molecule has 0 bridgehead atoms. The van der Waals surface area contributed by atoms with E-state index in [2.05, 4.69) is 15.6 Å². The minimum Gasteiger partial charge on any atom is -0.497 e. The average molecular weight is 400 g/mol. The van der Waals surface area contributed by atoms with E-state index in [1.54, 1.807) is 43.5 Å². The fraction of sp³-hybridized carbons (Fsp3) is 0.250. The molecule has 152 valence electrons. The molecule has 0 aliphatic carbocycles. The molecule has 0 aromatic heterocycles. The van der Waals surface area contributed by atoms with Crippen LogP contribution in [0.15, 0.2) is 53.0 Å². The zero-order valence-corrected chi connectivity index (χ0v) is 16.0. The van der Waals surface area contributed by atoms with Crippen molar-refractivity contribution in [1.29, 1.82) is 0 Å². The highest BCUT2D eigenvalue weighted by Gasteiger charge is 2.34. The van der Waals surface area contributed by atoms with Gasteiger partial charge in [-0.2, -0.15) is 0 Å². The second-order valence-electron chi connectivity index (χ2n) is 6.42. The number of benzene rings is 2. The second-order valence-corrected chi connectivity index (χ2v) is 6.42. The van der Waals surface area contributed by atoms with Gasteiger partial charge in [0.15, 0.2) is 17.3 Å². The molecule has 0 saturated carbocycles. The van der Waals surface area contributed by atoms with Crippen LogP contribution in [-0.4, -0.2) is 33.6 Å². The lowest BCUT2D eigenvalue weighted by Crippen LogP contribution is -2.51. The lowest BCUT2D eigenvalue weighted by atomic mass is 10.1. The normalized spacial score (nSPS) is 20.1. The van der Waals surface area contributed by atoms with E-state index >= 15 is 0 Å². The third kappa shape index (κ3) is 3.64. The van der Waals surface area contributed by atoms with Gasteiger partial charge in [-0.15, -0.1) is 0 Å². The molecule has 8 nitrogen and oxygen atoms in total. The minimum atomic E-state index is -1.44. The Bertz CT molecular complexity index is 994. The first-order chi connectivity index (χ1) is 14.0. The quantitative estimate of drug-likeness (QED) is 0.709. The van der Waals surface area contributed by atoms with Crippen molar-refractivity contribution in [3.63, 3.8) is 0 Å². The van der Waals surface area contributed by atoms with Crippen molar-refractivity contribution in [3.8, 4) is 23.0 Å². The molecule has 4 rings (SSSR count). The van der Waals surface area contributed by atoms with E-state index in [-0.39, 0.29) is 5.82 Å².